The zero-order valence-corrected chi connectivity index (χ0v) is 17.9. The molecule has 2 amide bonds. The highest BCUT2D eigenvalue weighted by Crippen LogP contribution is 2.29. The van der Waals surface area contributed by atoms with E-state index >= 15 is 0 Å². The molecule has 6 nitrogen and oxygen atoms in total. The molecular weight excluding hydrogens is 376 g/mol. The second-order valence-corrected chi connectivity index (χ2v) is 8.20. The Hall–Kier alpha value is -2.86. The van der Waals surface area contributed by atoms with Gasteiger partial charge in [-0.3, -0.25) is 14.5 Å². The molecule has 2 aliphatic rings. The van der Waals surface area contributed by atoms with Gasteiger partial charge in [0.05, 0.1) is 17.9 Å². The van der Waals surface area contributed by atoms with E-state index in [2.05, 4.69) is 47.2 Å². The molecule has 6 heteroatoms. The van der Waals surface area contributed by atoms with Gasteiger partial charge in [-0.05, 0) is 49.6 Å². The second-order valence-electron chi connectivity index (χ2n) is 8.20. The summed E-state index contributed by atoms with van der Waals surface area (Å²) in [6.45, 7) is 8.93. The fourth-order valence-electron chi connectivity index (χ4n) is 4.34. The number of hydrogen-bond donors (Lipinski definition) is 1. The van der Waals surface area contributed by atoms with Crippen molar-refractivity contribution in [2.45, 2.75) is 26.7 Å². The van der Waals surface area contributed by atoms with Crippen LogP contribution in [0.4, 0.5) is 17.1 Å². The fraction of sp³-hybridized carbons (Fsp3) is 0.417. The number of aryl methyl sites for hydroxylation is 1. The quantitative estimate of drug-likeness (QED) is 0.829. The zero-order valence-electron chi connectivity index (χ0n) is 17.9. The van der Waals surface area contributed by atoms with E-state index in [1.807, 2.05) is 24.3 Å². The summed E-state index contributed by atoms with van der Waals surface area (Å²) in [7, 11) is 0. The Balaban J connectivity index is 1.34. The lowest BCUT2D eigenvalue weighted by atomic mass is 10.1. The first kappa shape index (κ1) is 20.4. The maximum atomic E-state index is 12.7. The topological polar surface area (TPSA) is 55.9 Å². The smallest absolute Gasteiger partial charge is 0.238 e. The molecule has 2 saturated heterocycles. The van der Waals surface area contributed by atoms with Crippen LogP contribution in [0.1, 0.15) is 24.0 Å². The molecule has 0 aromatic heterocycles. The Kier molecular flexibility index (Phi) is 6.04. The molecule has 2 aromatic rings. The number of carbonyl (C=O) groups is 2. The maximum absolute atomic E-state index is 12.7. The molecular formula is C24H30N4O2. The van der Waals surface area contributed by atoms with Crippen molar-refractivity contribution in [2.75, 3.05) is 54.4 Å². The van der Waals surface area contributed by atoms with Gasteiger partial charge in [0, 0.05) is 44.8 Å². The van der Waals surface area contributed by atoms with Gasteiger partial charge in [0.25, 0.3) is 0 Å². The number of nitrogens with one attached hydrogen (secondary N) is 1. The van der Waals surface area contributed by atoms with Gasteiger partial charge in [0.15, 0.2) is 0 Å². The third kappa shape index (κ3) is 4.33. The second kappa shape index (κ2) is 8.88. The Bertz CT molecular complexity index is 935. The molecule has 0 spiro atoms. The largest absolute Gasteiger partial charge is 0.369 e. The van der Waals surface area contributed by atoms with E-state index in [0.717, 1.165) is 38.3 Å². The molecule has 1 N–H and O–H groups in total. The number of amides is 2. The number of carbonyl (C=O) groups excluding carboxylic acids is 2. The van der Waals surface area contributed by atoms with Crippen LogP contribution in [0.15, 0.2) is 42.5 Å². The van der Waals surface area contributed by atoms with Gasteiger partial charge in [0.2, 0.25) is 11.8 Å². The van der Waals surface area contributed by atoms with Crippen molar-refractivity contribution >= 4 is 28.9 Å². The summed E-state index contributed by atoms with van der Waals surface area (Å²) >= 11 is 0. The molecule has 2 aliphatic heterocycles. The molecule has 4 rings (SSSR count). The van der Waals surface area contributed by atoms with Crippen LogP contribution < -0.4 is 15.1 Å². The van der Waals surface area contributed by atoms with E-state index in [1.165, 1.54) is 16.8 Å². The molecule has 0 atom stereocenters. The predicted molar refractivity (Wildman–Crippen MR) is 121 cm³/mol. The minimum absolute atomic E-state index is 0.0331. The van der Waals surface area contributed by atoms with Crippen LogP contribution in [0, 0.1) is 13.8 Å². The average molecular weight is 407 g/mol. The van der Waals surface area contributed by atoms with E-state index in [9.17, 15) is 9.59 Å². The van der Waals surface area contributed by atoms with Gasteiger partial charge in [-0.1, -0.05) is 24.3 Å². The first-order chi connectivity index (χ1) is 14.5. The van der Waals surface area contributed by atoms with Gasteiger partial charge in [0.1, 0.15) is 0 Å². The number of benzene rings is 2. The van der Waals surface area contributed by atoms with Gasteiger partial charge in [-0.15, -0.1) is 0 Å². The van der Waals surface area contributed by atoms with Crippen LogP contribution in [-0.4, -0.2) is 56.0 Å². The lowest BCUT2D eigenvalue weighted by Crippen LogP contribution is -2.49. The van der Waals surface area contributed by atoms with E-state index < -0.39 is 0 Å². The third-order valence-corrected chi connectivity index (χ3v) is 6.20. The molecule has 2 aromatic carbocycles. The highest BCUT2D eigenvalue weighted by atomic mass is 16.2. The number of rotatable bonds is 5. The first-order valence-corrected chi connectivity index (χ1v) is 10.8. The summed E-state index contributed by atoms with van der Waals surface area (Å²) in [4.78, 5) is 31.2. The number of anilines is 3. The zero-order chi connectivity index (χ0) is 21.1. The van der Waals surface area contributed by atoms with Crippen molar-refractivity contribution in [1.29, 1.82) is 0 Å². The molecule has 0 aliphatic carbocycles. The van der Waals surface area contributed by atoms with E-state index in [4.69, 9.17) is 0 Å². The normalized spacial score (nSPS) is 17.5. The third-order valence-electron chi connectivity index (χ3n) is 6.20. The summed E-state index contributed by atoms with van der Waals surface area (Å²) in [5, 5.41) is 3.03. The maximum Gasteiger partial charge on any atom is 0.238 e. The summed E-state index contributed by atoms with van der Waals surface area (Å²) in [6, 6.07) is 14.0. The van der Waals surface area contributed by atoms with Gasteiger partial charge >= 0.3 is 0 Å². The number of nitrogens with zero attached hydrogens (tertiary/aromatic N) is 3. The molecule has 158 valence electrons. The molecule has 30 heavy (non-hydrogen) atoms. The van der Waals surface area contributed by atoms with Crippen LogP contribution in [0.3, 0.4) is 0 Å². The van der Waals surface area contributed by atoms with Gasteiger partial charge in [-0.2, -0.15) is 0 Å². The van der Waals surface area contributed by atoms with Crippen LogP contribution in [-0.2, 0) is 9.59 Å². The molecule has 2 fully saturated rings. The van der Waals surface area contributed by atoms with Crippen LogP contribution in [0.2, 0.25) is 0 Å². The Morgan fingerprint density at radius 3 is 2.40 bits per heavy atom. The minimum Gasteiger partial charge on any atom is -0.369 e. The highest BCUT2D eigenvalue weighted by molar-refractivity contribution is 6.02. The van der Waals surface area contributed by atoms with E-state index in [-0.39, 0.29) is 11.8 Å². The van der Waals surface area contributed by atoms with E-state index in [1.54, 1.807) is 4.90 Å². The molecule has 0 bridgehead atoms. The molecule has 0 radical (unpaired) electrons. The Labute approximate surface area is 178 Å². The monoisotopic (exact) mass is 406 g/mol. The van der Waals surface area contributed by atoms with Crippen molar-refractivity contribution in [3.8, 4) is 0 Å². The number of piperazine rings is 1. The lowest BCUT2D eigenvalue weighted by molar-refractivity contribution is -0.118. The van der Waals surface area contributed by atoms with E-state index in [0.29, 0.717) is 25.2 Å². The molecule has 0 saturated carbocycles. The van der Waals surface area contributed by atoms with Crippen molar-refractivity contribution in [1.82, 2.24) is 4.90 Å². The first-order valence-electron chi connectivity index (χ1n) is 10.8. The Morgan fingerprint density at radius 2 is 1.67 bits per heavy atom. The standard InChI is InChI=1S/C24H30N4O2/c1-18-7-5-10-21(19(18)2)27-15-13-26(14-16-27)17-23(29)25-20-8-3-4-9-22(20)28-12-6-11-24(28)30/h3-5,7-10H,6,11-17H2,1-2H3,(H,25,29). The lowest BCUT2D eigenvalue weighted by Gasteiger charge is -2.36. The summed E-state index contributed by atoms with van der Waals surface area (Å²) in [6.07, 6.45) is 1.44. The van der Waals surface area contributed by atoms with Crippen molar-refractivity contribution < 1.29 is 9.59 Å². The summed E-state index contributed by atoms with van der Waals surface area (Å²) in [5.74, 6) is 0.0912. The van der Waals surface area contributed by atoms with Crippen molar-refractivity contribution in [3.63, 3.8) is 0 Å². The number of hydrogen-bond acceptors (Lipinski definition) is 4. The van der Waals surface area contributed by atoms with Crippen LogP contribution in [0.5, 0.6) is 0 Å². The van der Waals surface area contributed by atoms with Crippen molar-refractivity contribution in [2.24, 2.45) is 0 Å². The van der Waals surface area contributed by atoms with Crippen LogP contribution in [0.25, 0.3) is 0 Å². The summed E-state index contributed by atoms with van der Waals surface area (Å²) < 4.78 is 0. The Morgan fingerprint density at radius 1 is 0.933 bits per heavy atom. The minimum atomic E-state index is -0.0331. The van der Waals surface area contributed by atoms with Crippen LogP contribution >= 0.6 is 0 Å². The highest BCUT2D eigenvalue weighted by Gasteiger charge is 2.25. The SMILES string of the molecule is Cc1cccc(N2CCN(CC(=O)Nc3ccccc3N3CCCC3=O)CC2)c1C. The molecule has 0 unspecified atom stereocenters. The van der Waals surface area contributed by atoms with Gasteiger partial charge < -0.3 is 15.1 Å². The molecule has 2 heterocycles. The average Bonchev–Trinajstić information content (AvgIpc) is 3.17. The van der Waals surface area contributed by atoms with Gasteiger partial charge in [-0.25, -0.2) is 0 Å². The van der Waals surface area contributed by atoms with Crippen molar-refractivity contribution in [3.05, 3.63) is 53.6 Å². The summed E-state index contributed by atoms with van der Waals surface area (Å²) in [5.41, 5.74) is 5.45. The number of para-hydroxylation sites is 2. The fourth-order valence-corrected chi connectivity index (χ4v) is 4.34. The predicted octanol–water partition coefficient (Wildman–Crippen LogP) is 3.19.